The quantitative estimate of drug-likeness (QED) is 0.232. The summed E-state index contributed by atoms with van der Waals surface area (Å²) in [7, 11) is 0. The fraction of sp³-hybridized carbons (Fsp3) is 0.217. The SMILES string of the molecule is Cc1cc(Nc2nc(Cl)nc(NC(CC#N)c3ccc(F)cn3)n2)[nH]n1.Cl.N#CCC(N)c1ccc(F)cn1. The highest BCUT2D eigenvalue weighted by Gasteiger charge is 2.16. The molecule has 0 aliphatic carbocycles. The highest BCUT2D eigenvalue weighted by molar-refractivity contribution is 6.28. The van der Waals surface area contributed by atoms with Crippen LogP contribution in [0.15, 0.2) is 42.7 Å². The topological polar surface area (TPSA) is 191 Å². The zero-order valence-electron chi connectivity index (χ0n) is 20.3. The molecular weight excluding hydrogens is 553 g/mol. The molecule has 0 aromatic carbocycles. The molecule has 0 spiro atoms. The van der Waals surface area contributed by atoms with Gasteiger partial charge in [0.2, 0.25) is 17.2 Å². The Morgan fingerprint density at radius 3 is 2.13 bits per heavy atom. The molecule has 4 rings (SSSR count). The van der Waals surface area contributed by atoms with Crippen LogP contribution in [-0.4, -0.2) is 35.1 Å². The maximum absolute atomic E-state index is 13.1. The lowest BCUT2D eigenvalue weighted by Gasteiger charge is -2.15. The van der Waals surface area contributed by atoms with Gasteiger partial charge in [-0.15, -0.1) is 12.4 Å². The number of hydrogen-bond acceptors (Lipinski definition) is 11. The van der Waals surface area contributed by atoms with Gasteiger partial charge in [-0.2, -0.15) is 30.6 Å². The van der Waals surface area contributed by atoms with Crippen molar-refractivity contribution in [3.8, 4) is 12.1 Å². The first-order chi connectivity index (χ1) is 18.3. The highest BCUT2D eigenvalue weighted by Crippen LogP contribution is 2.21. The van der Waals surface area contributed by atoms with E-state index in [1.165, 1.54) is 24.3 Å². The molecule has 39 heavy (non-hydrogen) atoms. The predicted molar refractivity (Wildman–Crippen MR) is 141 cm³/mol. The second-order valence-electron chi connectivity index (χ2n) is 7.63. The van der Waals surface area contributed by atoms with E-state index < -0.39 is 23.7 Å². The molecule has 2 atom stereocenters. The zero-order chi connectivity index (χ0) is 27.5. The van der Waals surface area contributed by atoms with Gasteiger partial charge in [-0.1, -0.05) is 0 Å². The van der Waals surface area contributed by atoms with Gasteiger partial charge >= 0.3 is 0 Å². The lowest BCUT2D eigenvalue weighted by Crippen LogP contribution is -2.15. The first kappa shape index (κ1) is 30.7. The molecule has 0 bridgehead atoms. The molecule has 0 saturated carbocycles. The summed E-state index contributed by atoms with van der Waals surface area (Å²) in [5, 5.41) is 30.0. The van der Waals surface area contributed by atoms with Crippen molar-refractivity contribution in [1.82, 2.24) is 35.1 Å². The van der Waals surface area contributed by atoms with Gasteiger partial charge in [0, 0.05) is 6.07 Å². The van der Waals surface area contributed by atoms with Crippen LogP contribution in [0.5, 0.6) is 0 Å². The minimum absolute atomic E-state index is 0. The van der Waals surface area contributed by atoms with Gasteiger partial charge in [0.1, 0.15) is 17.5 Å². The molecule has 0 aliphatic rings. The number of H-pyrrole nitrogens is 1. The molecule has 0 amide bonds. The minimum Gasteiger partial charge on any atom is -0.345 e. The van der Waals surface area contributed by atoms with Gasteiger partial charge in [0.25, 0.3) is 0 Å². The number of nitriles is 2. The number of nitrogens with one attached hydrogen (secondary N) is 3. The third kappa shape index (κ3) is 9.71. The van der Waals surface area contributed by atoms with Crippen molar-refractivity contribution in [3.63, 3.8) is 0 Å². The van der Waals surface area contributed by atoms with Crippen LogP contribution in [0.3, 0.4) is 0 Å². The lowest BCUT2D eigenvalue weighted by atomic mass is 10.1. The summed E-state index contributed by atoms with van der Waals surface area (Å²) in [6.45, 7) is 1.83. The fourth-order valence-electron chi connectivity index (χ4n) is 2.96. The van der Waals surface area contributed by atoms with E-state index in [0.717, 1.165) is 18.1 Å². The van der Waals surface area contributed by atoms with E-state index in [9.17, 15) is 8.78 Å². The number of aromatic nitrogens is 7. The fourth-order valence-corrected chi connectivity index (χ4v) is 3.12. The molecule has 0 fully saturated rings. The Bertz CT molecular complexity index is 1420. The highest BCUT2D eigenvalue weighted by atomic mass is 35.5. The van der Waals surface area contributed by atoms with Crippen LogP contribution in [0, 0.1) is 41.2 Å². The van der Waals surface area contributed by atoms with Crippen molar-refractivity contribution < 1.29 is 8.78 Å². The van der Waals surface area contributed by atoms with Gasteiger partial charge in [-0.05, 0) is 42.8 Å². The molecule has 5 N–H and O–H groups in total. The van der Waals surface area contributed by atoms with Gasteiger partial charge in [0.15, 0.2) is 0 Å². The first-order valence-corrected chi connectivity index (χ1v) is 11.3. The van der Waals surface area contributed by atoms with Crippen LogP contribution >= 0.6 is 24.0 Å². The average Bonchev–Trinajstić information content (AvgIpc) is 3.29. The monoisotopic (exact) mass is 574 g/mol. The molecule has 4 heterocycles. The third-order valence-corrected chi connectivity index (χ3v) is 4.88. The molecule has 4 aromatic heterocycles. The van der Waals surface area contributed by atoms with E-state index in [1.807, 2.05) is 19.1 Å². The molecular formula is C23H22Cl2F2N12. The second kappa shape index (κ2) is 15.0. The third-order valence-electron chi connectivity index (χ3n) is 4.71. The van der Waals surface area contributed by atoms with Gasteiger partial charge in [-0.25, -0.2) is 8.78 Å². The lowest BCUT2D eigenvalue weighted by molar-refractivity contribution is 0.613. The van der Waals surface area contributed by atoms with E-state index >= 15 is 0 Å². The molecule has 4 aromatic rings. The number of halogens is 4. The molecule has 0 aliphatic heterocycles. The molecule has 202 valence electrons. The van der Waals surface area contributed by atoms with Gasteiger partial charge < -0.3 is 16.4 Å². The Balaban J connectivity index is 0.000000346. The van der Waals surface area contributed by atoms with Crippen molar-refractivity contribution in [3.05, 3.63) is 76.7 Å². The minimum atomic E-state index is -0.540. The van der Waals surface area contributed by atoms with Crippen LogP contribution in [0.25, 0.3) is 0 Å². The predicted octanol–water partition coefficient (Wildman–Crippen LogP) is 4.46. The maximum atomic E-state index is 13.1. The molecule has 12 nitrogen and oxygen atoms in total. The summed E-state index contributed by atoms with van der Waals surface area (Å²) < 4.78 is 25.4. The van der Waals surface area contributed by atoms with Crippen molar-refractivity contribution in [1.29, 1.82) is 10.5 Å². The van der Waals surface area contributed by atoms with Gasteiger partial charge in [0.05, 0.1) is 66.5 Å². The Morgan fingerprint density at radius 2 is 1.59 bits per heavy atom. The number of nitrogens with zero attached hydrogens (tertiary/aromatic N) is 8. The van der Waals surface area contributed by atoms with Crippen LogP contribution < -0.4 is 16.4 Å². The number of aromatic amines is 1. The number of pyridine rings is 2. The summed E-state index contributed by atoms with van der Waals surface area (Å²) in [6.07, 6.45) is 2.44. The van der Waals surface area contributed by atoms with Crippen LogP contribution in [0.2, 0.25) is 5.28 Å². The number of nitrogens with two attached hydrogens (primary N) is 1. The van der Waals surface area contributed by atoms with Crippen molar-refractivity contribution in [2.75, 3.05) is 10.6 Å². The van der Waals surface area contributed by atoms with Crippen LogP contribution in [0.4, 0.5) is 26.5 Å². The molecule has 0 saturated heterocycles. The summed E-state index contributed by atoms with van der Waals surface area (Å²) >= 11 is 5.95. The molecule has 2 unspecified atom stereocenters. The molecule has 0 radical (unpaired) electrons. The summed E-state index contributed by atoms with van der Waals surface area (Å²) in [5.41, 5.74) is 7.36. The summed E-state index contributed by atoms with van der Waals surface area (Å²) in [6, 6.07) is 10.3. The Labute approximate surface area is 233 Å². The standard InChI is InChI=1S/C15H13ClFN9.C8H8FN3.ClH/c1-8-6-12(26-25-8)21-15-23-13(16)22-14(24-15)20-11(4-5-18)10-3-2-9(17)7-19-10;9-6-1-2-8(12-5-6)7(11)3-4-10;/h2-3,6-7,11H,4H2,1H3,(H3,20,21,22,23,24,25,26);1-2,5,7H,3,11H2;1H. The smallest absolute Gasteiger partial charge is 0.234 e. The zero-order valence-corrected chi connectivity index (χ0v) is 21.9. The Hall–Kier alpha value is -4.50. The van der Waals surface area contributed by atoms with E-state index in [2.05, 4.69) is 45.8 Å². The normalized spacial score (nSPS) is 11.5. The van der Waals surface area contributed by atoms with Crippen molar-refractivity contribution in [2.24, 2.45) is 5.73 Å². The van der Waals surface area contributed by atoms with Crippen LogP contribution in [0.1, 0.15) is 42.0 Å². The van der Waals surface area contributed by atoms with Crippen molar-refractivity contribution in [2.45, 2.75) is 31.8 Å². The summed E-state index contributed by atoms with van der Waals surface area (Å²) in [5.74, 6) is 0.0652. The number of aryl methyl sites for hydroxylation is 1. The number of anilines is 3. The Kier molecular flexibility index (Phi) is 11.8. The van der Waals surface area contributed by atoms with E-state index in [4.69, 9.17) is 27.9 Å². The number of hydrogen-bond donors (Lipinski definition) is 4. The van der Waals surface area contributed by atoms with E-state index in [-0.39, 0.29) is 42.4 Å². The maximum Gasteiger partial charge on any atom is 0.234 e. The second-order valence-corrected chi connectivity index (χ2v) is 7.97. The average molecular weight is 575 g/mol. The van der Waals surface area contributed by atoms with Crippen LogP contribution in [-0.2, 0) is 0 Å². The Morgan fingerprint density at radius 1 is 0.974 bits per heavy atom. The largest absolute Gasteiger partial charge is 0.345 e. The van der Waals surface area contributed by atoms with Gasteiger partial charge in [-0.3, -0.25) is 15.1 Å². The summed E-state index contributed by atoms with van der Waals surface area (Å²) in [4.78, 5) is 19.9. The molecule has 16 heteroatoms. The van der Waals surface area contributed by atoms with E-state index in [0.29, 0.717) is 17.2 Å². The van der Waals surface area contributed by atoms with Crippen molar-refractivity contribution >= 4 is 41.7 Å². The van der Waals surface area contributed by atoms with E-state index in [1.54, 1.807) is 6.07 Å². The first-order valence-electron chi connectivity index (χ1n) is 11.0. The number of rotatable bonds is 8.